The molecule has 0 aromatic rings. The van der Waals surface area contributed by atoms with Gasteiger partial charge in [-0.15, -0.1) is 0 Å². The van der Waals surface area contributed by atoms with Crippen LogP contribution in [0, 0.1) is 23.2 Å². The Morgan fingerprint density at radius 2 is 2.25 bits per heavy atom. The van der Waals surface area contributed by atoms with Gasteiger partial charge in [-0.05, 0) is 65.8 Å². The maximum atomic E-state index is 11.5. The second-order valence-electron chi connectivity index (χ2n) is 7.95. The van der Waals surface area contributed by atoms with E-state index in [1.807, 2.05) is 0 Å². The summed E-state index contributed by atoms with van der Waals surface area (Å²) in [6.07, 6.45) is 6.89. The van der Waals surface area contributed by atoms with Crippen molar-refractivity contribution in [3.05, 3.63) is 21.8 Å². The third-order valence-electron chi connectivity index (χ3n) is 6.46. The van der Waals surface area contributed by atoms with Crippen LogP contribution in [-0.2, 0) is 9.53 Å². The monoisotopic (exact) mass is 446 g/mol. The number of rotatable bonds is 6. The fourth-order valence-corrected chi connectivity index (χ4v) is 6.08. The molecule has 0 aromatic carbocycles. The Bertz CT molecular complexity index is 513. The SMILES string of the molecule is C=C(C[C@H](O)C[C@@H](C)[C@H]1CCC2C(=CI)CCC[C@@]21C)C(=O)OC. The van der Waals surface area contributed by atoms with Crippen molar-refractivity contribution in [2.45, 2.75) is 64.9 Å². The molecule has 3 nitrogen and oxygen atoms in total. The molecule has 2 saturated carbocycles. The van der Waals surface area contributed by atoms with Crippen LogP contribution in [0.15, 0.2) is 21.8 Å². The molecule has 0 spiro atoms. The summed E-state index contributed by atoms with van der Waals surface area (Å²) in [7, 11) is 1.35. The molecule has 2 rings (SSSR count). The number of methoxy groups -OCH3 is 1. The number of fused-ring (bicyclic) bond motifs is 1. The van der Waals surface area contributed by atoms with Crippen molar-refractivity contribution in [1.29, 1.82) is 0 Å². The van der Waals surface area contributed by atoms with E-state index in [-0.39, 0.29) is 0 Å². The lowest BCUT2D eigenvalue weighted by atomic mass is 9.61. The lowest BCUT2D eigenvalue weighted by Crippen LogP contribution is -2.36. The van der Waals surface area contributed by atoms with E-state index < -0.39 is 12.1 Å². The van der Waals surface area contributed by atoms with Crippen LogP contribution >= 0.6 is 22.6 Å². The van der Waals surface area contributed by atoms with Gasteiger partial charge in [-0.1, -0.05) is 48.6 Å². The van der Waals surface area contributed by atoms with Crippen molar-refractivity contribution in [3.63, 3.8) is 0 Å². The number of esters is 1. The molecular formula is C20H31IO3. The van der Waals surface area contributed by atoms with Gasteiger partial charge in [-0.25, -0.2) is 4.79 Å². The van der Waals surface area contributed by atoms with Crippen LogP contribution < -0.4 is 0 Å². The minimum Gasteiger partial charge on any atom is -0.466 e. The first-order valence-corrected chi connectivity index (χ1v) is 10.3. The molecule has 5 atom stereocenters. The minimum atomic E-state index is -0.516. The largest absolute Gasteiger partial charge is 0.466 e. The van der Waals surface area contributed by atoms with Gasteiger partial charge >= 0.3 is 5.97 Å². The smallest absolute Gasteiger partial charge is 0.333 e. The van der Waals surface area contributed by atoms with E-state index in [1.165, 1.54) is 39.2 Å². The Morgan fingerprint density at radius 3 is 2.88 bits per heavy atom. The molecule has 0 aliphatic heterocycles. The Balaban J connectivity index is 1.98. The van der Waals surface area contributed by atoms with Gasteiger partial charge in [-0.2, -0.15) is 0 Å². The number of hydrogen-bond acceptors (Lipinski definition) is 3. The van der Waals surface area contributed by atoms with Gasteiger partial charge in [-0.3, -0.25) is 0 Å². The first-order chi connectivity index (χ1) is 11.3. The zero-order chi connectivity index (χ0) is 17.9. The third kappa shape index (κ3) is 4.06. The van der Waals surface area contributed by atoms with Gasteiger partial charge in [0.1, 0.15) is 0 Å². The summed E-state index contributed by atoms with van der Waals surface area (Å²) in [5.41, 5.74) is 2.37. The summed E-state index contributed by atoms with van der Waals surface area (Å²) in [4.78, 5) is 11.5. The van der Waals surface area contributed by atoms with Gasteiger partial charge in [0.05, 0.1) is 13.2 Å². The van der Waals surface area contributed by atoms with Crippen molar-refractivity contribution in [1.82, 2.24) is 0 Å². The molecule has 2 aliphatic carbocycles. The van der Waals surface area contributed by atoms with E-state index in [2.05, 4.69) is 51.8 Å². The molecule has 0 aromatic heterocycles. The van der Waals surface area contributed by atoms with Crippen molar-refractivity contribution < 1.29 is 14.6 Å². The number of carbonyl (C=O) groups is 1. The van der Waals surface area contributed by atoms with Gasteiger partial charge in [0.15, 0.2) is 0 Å². The Labute approximate surface area is 160 Å². The lowest BCUT2D eigenvalue weighted by Gasteiger charge is -2.44. The zero-order valence-corrected chi connectivity index (χ0v) is 17.3. The maximum Gasteiger partial charge on any atom is 0.333 e. The van der Waals surface area contributed by atoms with E-state index >= 15 is 0 Å². The summed E-state index contributed by atoms with van der Waals surface area (Å²) in [5.74, 6) is 1.40. The quantitative estimate of drug-likeness (QED) is 0.354. The Kier molecular flexibility index (Phi) is 6.94. The van der Waals surface area contributed by atoms with Crippen molar-refractivity contribution >= 4 is 28.6 Å². The first kappa shape index (κ1) is 20.0. The second-order valence-corrected chi connectivity index (χ2v) is 8.57. The van der Waals surface area contributed by atoms with E-state index in [0.717, 1.165) is 12.3 Å². The minimum absolute atomic E-state index is 0.308. The summed E-state index contributed by atoms with van der Waals surface area (Å²) in [5, 5.41) is 10.4. The van der Waals surface area contributed by atoms with Crippen LogP contribution in [-0.4, -0.2) is 24.3 Å². The molecule has 0 amide bonds. The lowest BCUT2D eigenvalue weighted by molar-refractivity contribution is -0.136. The predicted octanol–water partition coefficient (Wildman–Crippen LogP) is 5.03. The second kappa shape index (κ2) is 8.35. The highest BCUT2D eigenvalue weighted by Crippen LogP contribution is 2.60. The third-order valence-corrected chi connectivity index (χ3v) is 7.26. The maximum absolute atomic E-state index is 11.5. The van der Waals surface area contributed by atoms with Gasteiger partial charge in [0.2, 0.25) is 0 Å². The number of carbonyl (C=O) groups excluding carboxylic acids is 1. The number of halogens is 1. The molecule has 1 N–H and O–H groups in total. The van der Waals surface area contributed by atoms with Crippen LogP contribution in [0.1, 0.15) is 58.8 Å². The fourth-order valence-electron chi connectivity index (χ4n) is 5.33. The Hall–Kier alpha value is -0.360. The van der Waals surface area contributed by atoms with Gasteiger partial charge in [0, 0.05) is 12.0 Å². The molecular weight excluding hydrogens is 415 g/mol. The van der Waals surface area contributed by atoms with Crippen molar-refractivity contribution in [2.75, 3.05) is 7.11 Å². The topological polar surface area (TPSA) is 46.5 Å². The zero-order valence-electron chi connectivity index (χ0n) is 15.2. The summed E-state index contributed by atoms with van der Waals surface area (Å²) < 4.78 is 6.98. The molecule has 2 aliphatic rings. The number of hydrogen-bond donors (Lipinski definition) is 1. The highest BCUT2D eigenvalue weighted by atomic mass is 127. The summed E-state index contributed by atoms with van der Waals surface area (Å²) in [6.45, 7) is 8.46. The molecule has 4 heteroatoms. The van der Waals surface area contributed by atoms with Crippen molar-refractivity contribution in [3.8, 4) is 0 Å². The molecule has 0 saturated heterocycles. The molecule has 0 bridgehead atoms. The molecule has 136 valence electrons. The van der Waals surface area contributed by atoms with Gasteiger partial charge in [0.25, 0.3) is 0 Å². The molecule has 1 unspecified atom stereocenters. The van der Waals surface area contributed by atoms with Crippen molar-refractivity contribution in [2.24, 2.45) is 23.2 Å². The highest BCUT2D eigenvalue weighted by molar-refractivity contribution is 14.1. The van der Waals surface area contributed by atoms with Crippen LogP contribution in [0.5, 0.6) is 0 Å². The van der Waals surface area contributed by atoms with Crippen LogP contribution in [0.3, 0.4) is 0 Å². The van der Waals surface area contributed by atoms with E-state index in [0.29, 0.717) is 29.2 Å². The summed E-state index contributed by atoms with van der Waals surface area (Å²) >= 11 is 2.40. The normalized spacial score (nSPS) is 33.8. The number of allylic oxidation sites excluding steroid dienone is 1. The molecule has 24 heavy (non-hydrogen) atoms. The number of aliphatic hydroxyl groups excluding tert-OH is 1. The van der Waals surface area contributed by atoms with E-state index in [1.54, 1.807) is 5.57 Å². The Morgan fingerprint density at radius 1 is 1.54 bits per heavy atom. The predicted molar refractivity (Wildman–Crippen MR) is 106 cm³/mol. The highest BCUT2D eigenvalue weighted by Gasteiger charge is 2.50. The molecule has 0 heterocycles. The molecule has 2 fully saturated rings. The first-order valence-electron chi connectivity index (χ1n) is 9.06. The number of aliphatic hydroxyl groups is 1. The van der Waals surface area contributed by atoms with Crippen LogP contribution in [0.4, 0.5) is 0 Å². The van der Waals surface area contributed by atoms with E-state index in [9.17, 15) is 9.90 Å². The van der Waals surface area contributed by atoms with E-state index in [4.69, 9.17) is 0 Å². The number of ether oxygens (including phenoxy) is 1. The van der Waals surface area contributed by atoms with Gasteiger partial charge < -0.3 is 9.84 Å². The standard InChI is InChI=1S/C20H31IO3/c1-13(10-16(22)11-14(2)19(23)24-4)17-7-8-18-15(12-21)6-5-9-20(17,18)3/h12-13,16-18,22H,2,5-11H2,1,3-4H3/t13-,16-,17-,18?,20-/m1/s1. The van der Waals surface area contributed by atoms with Crippen LogP contribution in [0.2, 0.25) is 0 Å². The average molecular weight is 446 g/mol. The average Bonchev–Trinajstić information content (AvgIpc) is 2.90. The fraction of sp³-hybridized carbons (Fsp3) is 0.750. The van der Waals surface area contributed by atoms with Crippen LogP contribution in [0.25, 0.3) is 0 Å². The molecule has 0 radical (unpaired) electrons. The summed E-state index contributed by atoms with van der Waals surface area (Å²) in [6, 6.07) is 0.